The Morgan fingerprint density at radius 3 is 2.34 bits per heavy atom. The van der Waals surface area contributed by atoms with Crippen molar-refractivity contribution in [2.45, 2.75) is 6.42 Å². The minimum atomic E-state index is 0.536. The first-order chi connectivity index (χ1) is 14.3. The molecule has 0 aliphatic heterocycles. The number of aromatic nitrogens is 3. The number of pyridine rings is 3. The Morgan fingerprint density at radius 1 is 0.862 bits per heavy atom. The van der Waals surface area contributed by atoms with Gasteiger partial charge in [-0.2, -0.15) is 0 Å². The van der Waals surface area contributed by atoms with E-state index in [9.17, 15) is 0 Å². The van der Waals surface area contributed by atoms with Gasteiger partial charge in [-0.1, -0.05) is 18.2 Å². The highest BCUT2D eigenvalue weighted by Crippen LogP contribution is 2.28. The Labute approximate surface area is 171 Å². The van der Waals surface area contributed by atoms with Gasteiger partial charge in [-0.15, -0.1) is 0 Å². The van der Waals surface area contributed by atoms with E-state index in [1.54, 1.807) is 19.5 Å². The molecule has 0 aliphatic rings. The van der Waals surface area contributed by atoms with Crippen LogP contribution in [0.25, 0.3) is 10.9 Å². The van der Waals surface area contributed by atoms with Crippen molar-refractivity contribution in [1.29, 1.82) is 0 Å². The molecule has 0 spiro atoms. The number of likely N-dealkylation sites (N-methyl/N-ethyl adjacent to an activating group) is 1. The molecule has 0 bridgehead atoms. The standard InChI is InChI=1S/C15H13N3O.C8H12N2/c1-19-15-14-12(7-9-17-15)13(8-10-16-14)18-11-5-3-2-4-6-11;1-9-5-2-8-3-6-10-7-4-8/h2-10H,1H3,(H,16,18);3-4,6-7,9H,2,5H2,1H3. The third-order valence-corrected chi connectivity index (χ3v) is 4.28. The topological polar surface area (TPSA) is 72.0 Å². The summed E-state index contributed by atoms with van der Waals surface area (Å²) in [6.45, 7) is 1.03. The SMILES string of the molecule is CNCCc1ccncc1.COc1nccc2c(Nc3ccccc3)ccnc12. The molecular weight excluding hydrogens is 362 g/mol. The Bertz CT molecular complexity index is 1010. The number of hydrogen-bond acceptors (Lipinski definition) is 6. The molecule has 3 aromatic heterocycles. The van der Waals surface area contributed by atoms with Crippen molar-refractivity contribution in [2.24, 2.45) is 0 Å². The van der Waals surface area contributed by atoms with Crippen LogP contribution in [0.4, 0.5) is 11.4 Å². The molecule has 0 radical (unpaired) electrons. The number of para-hydroxylation sites is 1. The lowest BCUT2D eigenvalue weighted by atomic mass is 10.2. The van der Waals surface area contributed by atoms with E-state index in [4.69, 9.17) is 4.74 Å². The van der Waals surface area contributed by atoms with Crippen molar-refractivity contribution >= 4 is 22.3 Å². The average Bonchev–Trinajstić information content (AvgIpc) is 2.79. The predicted octanol–water partition coefficient (Wildman–Crippen LogP) is 4.23. The molecule has 0 saturated heterocycles. The molecule has 148 valence electrons. The number of fused-ring (bicyclic) bond motifs is 1. The lowest BCUT2D eigenvalue weighted by Gasteiger charge is -2.10. The van der Waals surface area contributed by atoms with E-state index in [1.165, 1.54) is 5.56 Å². The molecular formula is C23H25N5O. The van der Waals surface area contributed by atoms with Gasteiger partial charge in [0.2, 0.25) is 5.88 Å². The number of rotatable bonds is 6. The van der Waals surface area contributed by atoms with Crippen molar-refractivity contribution < 1.29 is 4.74 Å². The van der Waals surface area contributed by atoms with Crippen LogP contribution in [0.5, 0.6) is 5.88 Å². The van der Waals surface area contributed by atoms with E-state index in [1.807, 2.05) is 74.0 Å². The van der Waals surface area contributed by atoms with Crippen LogP contribution in [0.15, 0.2) is 79.4 Å². The van der Waals surface area contributed by atoms with Crippen molar-refractivity contribution in [3.63, 3.8) is 0 Å². The van der Waals surface area contributed by atoms with Crippen LogP contribution in [0.1, 0.15) is 5.56 Å². The largest absolute Gasteiger partial charge is 0.479 e. The van der Waals surface area contributed by atoms with Gasteiger partial charge in [0.1, 0.15) is 5.52 Å². The van der Waals surface area contributed by atoms with Crippen LogP contribution in [0, 0.1) is 0 Å². The molecule has 0 fully saturated rings. The minimum Gasteiger partial charge on any atom is -0.479 e. The van der Waals surface area contributed by atoms with Gasteiger partial charge < -0.3 is 15.4 Å². The number of methoxy groups -OCH3 is 1. The smallest absolute Gasteiger partial charge is 0.240 e. The summed E-state index contributed by atoms with van der Waals surface area (Å²) in [6, 6.07) is 18.0. The summed E-state index contributed by atoms with van der Waals surface area (Å²) in [7, 11) is 3.56. The van der Waals surface area contributed by atoms with Crippen LogP contribution in [-0.4, -0.2) is 35.7 Å². The first-order valence-corrected chi connectivity index (χ1v) is 9.45. The molecule has 0 unspecified atom stereocenters. The second-order valence-electron chi connectivity index (χ2n) is 6.27. The molecule has 4 aromatic rings. The zero-order valence-corrected chi connectivity index (χ0v) is 16.7. The number of nitrogens with zero attached hydrogens (tertiary/aromatic N) is 3. The van der Waals surface area contributed by atoms with Crippen LogP contribution >= 0.6 is 0 Å². The number of benzene rings is 1. The molecule has 0 aliphatic carbocycles. The molecule has 6 nitrogen and oxygen atoms in total. The second-order valence-corrected chi connectivity index (χ2v) is 6.27. The summed E-state index contributed by atoms with van der Waals surface area (Å²) in [5, 5.41) is 7.46. The number of ether oxygens (including phenoxy) is 1. The molecule has 4 rings (SSSR count). The van der Waals surface area contributed by atoms with Gasteiger partial charge >= 0.3 is 0 Å². The minimum absolute atomic E-state index is 0.536. The molecule has 1 aromatic carbocycles. The average molecular weight is 387 g/mol. The Morgan fingerprint density at radius 2 is 1.62 bits per heavy atom. The van der Waals surface area contributed by atoms with Gasteiger partial charge in [0.25, 0.3) is 0 Å². The molecule has 0 atom stereocenters. The Kier molecular flexibility index (Phi) is 7.48. The maximum atomic E-state index is 5.23. The van der Waals surface area contributed by atoms with Crippen LogP contribution in [-0.2, 0) is 6.42 Å². The highest BCUT2D eigenvalue weighted by Gasteiger charge is 2.07. The molecule has 2 N–H and O–H groups in total. The quantitative estimate of drug-likeness (QED) is 0.516. The highest BCUT2D eigenvalue weighted by atomic mass is 16.5. The normalized spacial score (nSPS) is 10.1. The van der Waals surface area contributed by atoms with E-state index >= 15 is 0 Å². The van der Waals surface area contributed by atoms with Gasteiger partial charge in [0.05, 0.1) is 7.11 Å². The summed E-state index contributed by atoms with van der Waals surface area (Å²) in [5.41, 5.74) is 4.11. The summed E-state index contributed by atoms with van der Waals surface area (Å²) in [5.74, 6) is 0.536. The van der Waals surface area contributed by atoms with Gasteiger partial charge in [0, 0.05) is 41.5 Å². The van der Waals surface area contributed by atoms with Crippen LogP contribution < -0.4 is 15.4 Å². The van der Waals surface area contributed by atoms with Crippen LogP contribution in [0.2, 0.25) is 0 Å². The van der Waals surface area contributed by atoms with E-state index < -0.39 is 0 Å². The van der Waals surface area contributed by atoms with Gasteiger partial charge in [-0.3, -0.25) is 9.97 Å². The van der Waals surface area contributed by atoms with Gasteiger partial charge in [-0.05, 0) is 62.0 Å². The monoisotopic (exact) mass is 387 g/mol. The van der Waals surface area contributed by atoms with Crippen LogP contribution in [0.3, 0.4) is 0 Å². The number of nitrogens with one attached hydrogen (secondary N) is 2. The van der Waals surface area contributed by atoms with Crippen molar-refractivity contribution in [2.75, 3.05) is 26.0 Å². The molecule has 29 heavy (non-hydrogen) atoms. The first kappa shape index (κ1) is 20.2. The zero-order valence-electron chi connectivity index (χ0n) is 16.7. The summed E-state index contributed by atoms with van der Waals surface area (Å²) in [6.07, 6.45) is 8.20. The van der Waals surface area contributed by atoms with Crippen molar-refractivity contribution in [1.82, 2.24) is 20.3 Å². The van der Waals surface area contributed by atoms with E-state index in [0.29, 0.717) is 5.88 Å². The number of hydrogen-bond donors (Lipinski definition) is 2. The van der Waals surface area contributed by atoms with E-state index in [0.717, 1.165) is 35.2 Å². The third-order valence-electron chi connectivity index (χ3n) is 4.28. The maximum Gasteiger partial charge on any atom is 0.240 e. The Balaban J connectivity index is 0.000000204. The predicted molar refractivity (Wildman–Crippen MR) is 118 cm³/mol. The summed E-state index contributed by atoms with van der Waals surface area (Å²) in [4.78, 5) is 12.4. The fourth-order valence-corrected chi connectivity index (χ4v) is 2.81. The third kappa shape index (κ3) is 5.73. The van der Waals surface area contributed by atoms with Crippen molar-refractivity contribution in [3.8, 4) is 5.88 Å². The van der Waals surface area contributed by atoms with Crippen molar-refractivity contribution in [3.05, 3.63) is 84.9 Å². The molecule has 0 saturated carbocycles. The van der Waals surface area contributed by atoms with Gasteiger partial charge in [0.15, 0.2) is 0 Å². The first-order valence-electron chi connectivity index (χ1n) is 9.45. The molecule has 3 heterocycles. The van der Waals surface area contributed by atoms with E-state index in [-0.39, 0.29) is 0 Å². The lowest BCUT2D eigenvalue weighted by Crippen LogP contribution is -2.10. The second kappa shape index (κ2) is 10.7. The Hall–Kier alpha value is -3.51. The summed E-state index contributed by atoms with van der Waals surface area (Å²) >= 11 is 0. The zero-order chi connectivity index (χ0) is 20.3. The fraction of sp³-hybridized carbons (Fsp3) is 0.174. The molecule has 0 amide bonds. The maximum absolute atomic E-state index is 5.23. The molecule has 6 heteroatoms. The highest BCUT2D eigenvalue weighted by molar-refractivity contribution is 5.95. The summed E-state index contributed by atoms with van der Waals surface area (Å²) < 4.78 is 5.23. The van der Waals surface area contributed by atoms with E-state index in [2.05, 4.69) is 25.6 Å². The number of anilines is 2. The van der Waals surface area contributed by atoms with Gasteiger partial charge in [-0.25, -0.2) is 4.98 Å². The fourth-order valence-electron chi connectivity index (χ4n) is 2.81. The lowest BCUT2D eigenvalue weighted by molar-refractivity contribution is 0.402.